The molecule has 0 saturated heterocycles. The topological polar surface area (TPSA) is 55.8 Å². The molecular formula is C13H21NO4S. The molecule has 0 saturated carbocycles. The maximum atomic E-state index is 11.8. The third-order valence-electron chi connectivity index (χ3n) is 2.46. The highest BCUT2D eigenvalue weighted by molar-refractivity contribution is 7.86. The molecule has 0 aliphatic heterocycles. The number of rotatable bonds is 8. The fourth-order valence-electron chi connectivity index (χ4n) is 1.32. The van der Waals surface area contributed by atoms with Crippen LogP contribution in [0.3, 0.4) is 0 Å². The van der Waals surface area contributed by atoms with Crippen LogP contribution in [0.1, 0.15) is 5.56 Å². The molecule has 0 bridgehead atoms. The van der Waals surface area contributed by atoms with Crippen LogP contribution in [0.5, 0.6) is 0 Å². The van der Waals surface area contributed by atoms with Gasteiger partial charge in [-0.25, -0.2) is 0 Å². The van der Waals surface area contributed by atoms with Gasteiger partial charge in [0.05, 0.1) is 24.7 Å². The third kappa shape index (κ3) is 6.15. The molecule has 0 aliphatic carbocycles. The Labute approximate surface area is 115 Å². The molecule has 0 amide bonds. The Morgan fingerprint density at radius 3 is 2.26 bits per heavy atom. The van der Waals surface area contributed by atoms with Crippen molar-refractivity contribution >= 4 is 10.1 Å². The maximum Gasteiger partial charge on any atom is 0.297 e. The Hall–Kier alpha value is -0.950. The average molecular weight is 287 g/mol. The molecule has 0 heterocycles. The Balaban J connectivity index is 2.33. The lowest BCUT2D eigenvalue weighted by Gasteiger charge is -2.10. The first-order valence-corrected chi connectivity index (χ1v) is 7.51. The van der Waals surface area contributed by atoms with E-state index in [-0.39, 0.29) is 18.1 Å². The first-order chi connectivity index (χ1) is 8.92. The second kappa shape index (κ2) is 7.59. The van der Waals surface area contributed by atoms with Gasteiger partial charge in [-0.2, -0.15) is 8.42 Å². The van der Waals surface area contributed by atoms with Crippen LogP contribution in [0.25, 0.3) is 0 Å². The standard InChI is InChI=1S/C13H21NO4S/c1-12-4-6-13(7-5-12)19(15,16)18-11-10-17-9-8-14(2)3/h4-7H,8-11H2,1-3H3. The summed E-state index contributed by atoms with van der Waals surface area (Å²) in [4.78, 5) is 2.16. The lowest BCUT2D eigenvalue weighted by molar-refractivity contribution is 0.0906. The van der Waals surface area contributed by atoms with Gasteiger partial charge >= 0.3 is 0 Å². The molecule has 19 heavy (non-hydrogen) atoms. The number of aryl methyl sites for hydroxylation is 1. The zero-order chi connectivity index (χ0) is 14.3. The van der Waals surface area contributed by atoms with E-state index in [0.717, 1.165) is 12.1 Å². The molecule has 0 atom stereocenters. The van der Waals surface area contributed by atoms with Gasteiger partial charge in [-0.15, -0.1) is 0 Å². The van der Waals surface area contributed by atoms with Crippen molar-refractivity contribution in [3.8, 4) is 0 Å². The van der Waals surface area contributed by atoms with E-state index in [0.29, 0.717) is 6.61 Å². The minimum atomic E-state index is -3.67. The molecular weight excluding hydrogens is 266 g/mol. The number of hydrogen-bond donors (Lipinski definition) is 0. The summed E-state index contributed by atoms with van der Waals surface area (Å²) in [6.45, 7) is 3.55. The van der Waals surface area contributed by atoms with Crippen LogP contribution in [-0.2, 0) is 19.0 Å². The maximum absolute atomic E-state index is 11.8. The first-order valence-electron chi connectivity index (χ1n) is 6.10. The molecule has 0 radical (unpaired) electrons. The summed E-state index contributed by atoms with van der Waals surface area (Å²) in [6, 6.07) is 6.56. The quantitative estimate of drug-likeness (QED) is 0.532. The summed E-state index contributed by atoms with van der Waals surface area (Å²) in [5.41, 5.74) is 1.01. The minimum absolute atomic E-state index is 0.0314. The molecule has 1 aromatic carbocycles. The highest BCUT2D eigenvalue weighted by atomic mass is 32.2. The van der Waals surface area contributed by atoms with Gasteiger partial charge in [-0.05, 0) is 33.2 Å². The number of likely N-dealkylation sites (N-methyl/N-ethyl adjacent to an activating group) is 1. The van der Waals surface area contributed by atoms with Crippen LogP contribution < -0.4 is 0 Å². The fourth-order valence-corrected chi connectivity index (χ4v) is 2.22. The first kappa shape index (κ1) is 16.1. The summed E-state index contributed by atoms with van der Waals surface area (Å²) < 4.78 is 33.8. The van der Waals surface area contributed by atoms with Gasteiger partial charge in [-0.1, -0.05) is 17.7 Å². The Morgan fingerprint density at radius 1 is 1.05 bits per heavy atom. The average Bonchev–Trinajstić information content (AvgIpc) is 2.34. The van der Waals surface area contributed by atoms with Crippen molar-refractivity contribution in [3.05, 3.63) is 29.8 Å². The van der Waals surface area contributed by atoms with Crippen LogP contribution in [-0.4, -0.2) is 53.8 Å². The van der Waals surface area contributed by atoms with Crippen molar-refractivity contribution in [1.82, 2.24) is 4.90 Å². The molecule has 0 aromatic heterocycles. The number of benzene rings is 1. The normalized spacial score (nSPS) is 12.0. The fraction of sp³-hybridized carbons (Fsp3) is 0.538. The summed E-state index contributed by atoms with van der Waals surface area (Å²) in [6.07, 6.45) is 0. The Morgan fingerprint density at radius 2 is 1.68 bits per heavy atom. The summed E-state index contributed by atoms with van der Waals surface area (Å²) in [5, 5.41) is 0. The van der Waals surface area contributed by atoms with E-state index in [1.165, 1.54) is 12.1 Å². The van der Waals surface area contributed by atoms with E-state index in [2.05, 4.69) is 0 Å². The second-order valence-electron chi connectivity index (χ2n) is 4.50. The summed E-state index contributed by atoms with van der Waals surface area (Å²) >= 11 is 0. The van der Waals surface area contributed by atoms with Gasteiger partial charge in [-0.3, -0.25) is 4.18 Å². The van der Waals surface area contributed by atoms with Gasteiger partial charge in [0.15, 0.2) is 0 Å². The van der Waals surface area contributed by atoms with Gasteiger partial charge in [0.2, 0.25) is 0 Å². The van der Waals surface area contributed by atoms with E-state index in [1.807, 2.05) is 25.9 Å². The third-order valence-corrected chi connectivity index (χ3v) is 3.79. The highest BCUT2D eigenvalue weighted by Gasteiger charge is 2.14. The lowest BCUT2D eigenvalue weighted by Crippen LogP contribution is -2.19. The minimum Gasteiger partial charge on any atom is -0.378 e. The van der Waals surface area contributed by atoms with E-state index >= 15 is 0 Å². The van der Waals surface area contributed by atoms with Crippen molar-refractivity contribution in [2.75, 3.05) is 40.5 Å². The predicted molar refractivity (Wildman–Crippen MR) is 73.7 cm³/mol. The van der Waals surface area contributed by atoms with Crippen LogP contribution in [0.2, 0.25) is 0 Å². The van der Waals surface area contributed by atoms with Gasteiger partial charge in [0.1, 0.15) is 0 Å². The van der Waals surface area contributed by atoms with Crippen molar-refractivity contribution < 1.29 is 17.3 Å². The van der Waals surface area contributed by atoms with E-state index in [4.69, 9.17) is 8.92 Å². The smallest absolute Gasteiger partial charge is 0.297 e. The number of ether oxygens (including phenoxy) is 1. The van der Waals surface area contributed by atoms with Crippen molar-refractivity contribution in [3.63, 3.8) is 0 Å². The molecule has 0 N–H and O–H groups in total. The molecule has 0 aliphatic rings. The molecule has 5 nitrogen and oxygen atoms in total. The predicted octanol–water partition coefficient (Wildman–Crippen LogP) is 1.28. The SMILES string of the molecule is Cc1ccc(S(=O)(=O)OCCOCCN(C)C)cc1. The highest BCUT2D eigenvalue weighted by Crippen LogP contribution is 2.12. The monoisotopic (exact) mass is 287 g/mol. The van der Waals surface area contributed by atoms with Gasteiger partial charge in [0, 0.05) is 6.54 Å². The van der Waals surface area contributed by atoms with E-state index in [1.54, 1.807) is 12.1 Å². The molecule has 0 spiro atoms. The van der Waals surface area contributed by atoms with Gasteiger partial charge in [0.25, 0.3) is 10.1 Å². The van der Waals surface area contributed by atoms with Crippen molar-refractivity contribution in [2.45, 2.75) is 11.8 Å². The van der Waals surface area contributed by atoms with Crippen molar-refractivity contribution in [1.29, 1.82) is 0 Å². The molecule has 108 valence electrons. The van der Waals surface area contributed by atoms with Gasteiger partial charge < -0.3 is 9.64 Å². The number of nitrogens with zero attached hydrogens (tertiary/aromatic N) is 1. The molecule has 0 unspecified atom stereocenters. The summed E-state index contributed by atoms with van der Waals surface area (Å²) in [7, 11) is 0.221. The van der Waals surface area contributed by atoms with Crippen LogP contribution >= 0.6 is 0 Å². The van der Waals surface area contributed by atoms with Crippen molar-refractivity contribution in [2.24, 2.45) is 0 Å². The molecule has 1 rings (SSSR count). The molecule has 1 aromatic rings. The zero-order valence-corrected chi connectivity index (χ0v) is 12.4. The molecule has 6 heteroatoms. The second-order valence-corrected chi connectivity index (χ2v) is 6.12. The molecule has 0 fully saturated rings. The zero-order valence-electron chi connectivity index (χ0n) is 11.6. The summed E-state index contributed by atoms with van der Waals surface area (Å²) in [5.74, 6) is 0. The van der Waals surface area contributed by atoms with Crippen LogP contribution in [0.15, 0.2) is 29.2 Å². The van der Waals surface area contributed by atoms with Crippen LogP contribution in [0.4, 0.5) is 0 Å². The van der Waals surface area contributed by atoms with E-state index in [9.17, 15) is 8.42 Å². The lowest BCUT2D eigenvalue weighted by atomic mass is 10.2. The largest absolute Gasteiger partial charge is 0.378 e. The Bertz CT molecular complexity index is 468. The Kier molecular flexibility index (Phi) is 6.44. The van der Waals surface area contributed by atoms with Crippen LogP contribution in [0, 0.1) is 6.92 Å². The van der Waals surface area contributed by atoms with E-state index < -0.39 is 10.1 Å². The number of hydrogen-bond acceptors (Lipinski definition) is 5.